The Bertz CT molecular complexity index is 1280. The first kappa shape index (κ1) is 21.0. The van der Waals surface area contributed by atoms with Crippen molar-refractivity contribution in [1.82, 2.24) is 24.8 Å². The maximum absolute atomic E-state index is 14.0. The summed E-state index contributed by atoms with van der Waals surface area (Å²) in [5.41, 5.74) is 1.68. The summed E-state index contributed by atoms with van der Waals surface area (Å²) >= 11 is 0. The number of halogens is 2. The molecule has 0 bridgehead atoms. The van der Waals surface area contributed by atoms with Gasteiger partial charge in [-0.15, -0.1) is 0 Å². The zero-order valence-electron chi connectivity index (χ0n) is 17.0. The number of sulfonamides is 1. The van der Waals surface area contributed by atoms with Crippen molar-refractivity contribution in [2.24, 2.45) is 11.8 Å². The molecule has 2 atom stereocenters. The van der Waals surface area contributed by atoms with Gasteiger partial charge >= 0.3 is 0 Å². The maximum atomic E-state index is 14.0. The smallest absolute Gasteiger partial charge is 0.253 e. The zero-order valence-corrected chi connectivity index (χ0v) is 17.8. The first-order valence-electron chi connectivity index (χ1n) is 10.3. The molecule has 2 unspecified atom stereocenters. The molecule has 11 heteroatoms. The molecular formula is C21H21F2N5O3S. The van der Waals surface area contributed by atoms with Crippen LogP contribution in [-0.4, -0.2) is 52.8 Å². The van der Waals surface area contributed by atoms with Crippen molar-refractivity contribution < 1.29 is 22.0 Å². The van der Waals surface area contributed by atoms with Gasteiger partial charge in [-0.25, -0.2) is 22.2 Å². The molecule has 3 heterocycles. The number of nitrogens with one attached hydrogen (secondary N) is 2. The summed E-state index contributed by atoms with van der Waals surface area (Å²) < 4.78 is 55.0. The Labute approximate surface area is 183 Å². The van der Waals surface area contributed by atoms with Gasteiger partial charge in [0.1, 0.15) is 0 Å². The first-order valence-corrected chi connectivity index (χ1v) is 11.7. The van der Waals surface area contributed by atoms with E-state index in [0.717, 1.165) is 5.39 Å². The lowest BCUT2D eigenvalue weighted by Gasteiger charge is -2.20. The van der Waals surface area contributed by atoms with E-state index in [0.29, 0.717) is 23.2 Å². The van der Waals surface area contributed by atoms with Crippen LogP contribution in [0.2, 0.25) is 0 Å². The number of hydrogen-bond acceptors (Lipinski definition) is 5. The predicted octanol–water partition coefficient (Wildman–Crippen LogP) is 2.55. The Hall–Kier alpha value is -2.92. The number of rotatable bonds is 5. The number of aromatic amines is 1. The fourth-order valence-electron chi connectivity index (χ4n) is 4.54. The summed E-state index contributed by atoms with van der Waals surface area (Å²) in [7, 11) is -3.84. The Morgan fingerprint density at radius 3 is 2.75 bits per heavy atom. The highest BCUT2D eigenvalue weighted by Crippen LogP contribution is 2.49. The third-order valence-corrected chi connectivity index (χ3v) is 8.21. The second-order valence-corrected chi connectivity index (χ2v) is 10.3. The fraction of sp³-hybridized carbons (Fsp3) is 0.381. The monoisotopic (exact) mass is 461 g/mol. The molecular weight excluding hydrogens is 440 g/mol. The molecule has 1 amide bonds. The summed E-state index contributed by atoms with van der Waals surface area (Å²) in [6, 6.07) is 7.78. The van der Waals surface area contributed by atoms with Crippen molar-refractivity contribution in [3.05, 3.63) is 53.9 Å². The van der Waals surface area contributed by atoms with Crippen LogP contribution < -0.4 is 5.32 Å². The van der Waals surface area contributed by atoms with E-state index in [4.69, 9.17) is 0 Å². The predicted molar refractivity (Wildman–Crippen MR) is 111 cm³/mol. The Morgan fingerprint density at radius 1 is 1.22 bits per heavy atom. The molecule has 0 spiro atoms. The molecule has 8 nitrogen and oxygen atoms in total. The van der Waals surface area contributed by atoms with Crippen LogP contribution in [0.15, 0.2) is 47.6 Å². The third-order valence-electron chi connectivity index (χ3n) is 6.37. The highest BCUT2D eigenvalue weighted by molar-refractivity contribution is 7.89. The molecule has 2 aliphatic rings. The van der Waals surface area contributed by atoms with Gasteiger partial charge in [-0.1, -0.05) is 12.1 Å². The van der Waals surface area contributed by atoms with Gasteiger partial charge in [0.15, 0.2) is 5.65 Å². The van der Waals surface area contributed by atoms with E-state index in [1.807, 2.05) is 0 Å². The van der Waals surface area contributed by atoms with Gasteiger partial charge in [-0.3, -0.25) is 9.89 Å². The number of alkyl halides is 2. The molecule has 5 rings (SSSR count). The van der Waals surface area contributed by atoms with Crippen molar-refractivity contribution >= 4 is 27.0 Å². The number of carbonyl (C=O) groups excluding carboxylic acids is 1. The summed E-state index contributed by atoms with van der Waals surface area (Å²) in [5.74, 6) is -4.30. The maximum Gasteiger partial charge on any atom is 0.253 e. The minimum absolute atomic E-state index is 0.0606. The number of aromatic nitrogens is 3. The summed E-state index contributed by atoms with van der Waals surface area (Å²) in [4.78, 5) is 16.6. The minimum Gasteiger partial charge on any atom is -0.348 e. The molecule has 2 fully saturated rings. The van der Waals surface area contributed by atoms with Gasteiger partial charge in [0.25, 0.3) is 11.8 Å². The van der Waals surface area contributed by atoms with Crippen LogP contribution in [0, 0.1) is 11.8 Å². The lowest BCUT2D eigenvalue weighted by atomic mass is 9.99. The van der Waals surface area contributed by atoms with E-state index in [1.54, 1.807) is 24.4 Å². The summed E-state index contributed by atoms with van der Waals surface area (Å²) in [6.45, 7) is 0.185. The molecule has 0 radical (unpaired) electrons. The Balaban J connectivity index is 1.23. The second-order valence-electron chi connectivity index (χ2n) is 8.35. The van der Waals surface area contributed by atoms with E-state index in [1.165, 1.54) is 22.6 Å². The number of carbonyl (C=O) groups is 1. The van der Waals surface area contributed by atoms with Gasteiger partial charge in [0, 0.05) is 43.6 Å². The van der Waals surface area contributed by atoms with Gasteiger partial charge in [-0.2, -0.15) is 9.40 Å². The quantitative estimate of drug-likeness (QED) is 0.607. The number of benzene rings is 1. The van der Waals surface area contributed by atoms with Crippen molar-refractivity contribution in [3.63, 3.8) is 0 Å². The van der Waals surface area contributed by atoms with Gasteiger partial charge in [-0.05, 0) is 36.1 Å². The van der Waals surface area contributed by atoms with E-state index in [2.05, 4.69) is 20.5 Å². The van der Waals surface area contributed by atoms with Crippen molar-refractivity contribution in [1.29, 1.82) is 0 Å². The number of nitrogens with zero attached hydrogens (tertiary/aromatic N) is 3. The normalized spacial score (nSPS) is 22.8. The van der Waals surface area contributed by atoms with E-state index < -0.39 is 21.9 Å². The molecule has 1 saturated carbocycles. The number of hydrogen-bond donors (Lipinski definition) is 2. The molecule has 168 valence electrons. The highest BCUT2D eigenvalue weighted by Gasteiger charge is 2.55. The number of fused-ring (bicyclic) bond motifs is 2. The van der Waals surface area contributed by atoms with E-state index in [9.17, 15) is 22.0 Å². The topological polar surface area (TPSA) is 108 Å². The third kappa shape index (κ3) is 3.65. The van der Waals surface area contributed by atoms with Crippen LogP contribution in [0.25, 0.3) is 11.0 Å². The van der Waals surface area contributed by atoms with Crippen molar-refractivity contribution in [3.8, 4) is 0 Å². The summed E-state index contributed by atoms with van der Waals surface area (Å²) in [5, 5.41) is 10.1. The van der Waals surface area contributed by atoms with Gasteiger partial charge in [0.05, 0.1) is 16.7 Å². The Morgan fingerprint density at radius 2 is 2.00 bits per heavy atom. The Kier molecular flexibility index (Phi) is 4.97. The van der Waals surface area contributed by atoms with Crippen LogP contribution in [-0.2, 0) is 16.6 Å². The molecule has 1 aromatic carbocycles. The highest BCUT2D eigenvalue weighted by atomic mass is 32.2. The van der Waals surface area contributed by atoms with Gasteiger partial charge < -0.3 is 5.32 Å². The number of H-pyrrole nitrogens is 1. The molecule has 1 aliphatic heterocycles. The lowest BCUT2D eigenvalue weighted by Crippen LogP contribution is -2.33. The largest absolute Gasteiger partial charge is 0.348 e. The molecule has 3 aromatic rings. The molecule has 2 aromatic heterocycles. The fourth-order valence-corrected chi connectivity index (χ4v) is 6.06. The second kappa shape index (κ2) is 7.59. The molecule has 32 heavy (non-hydrogen) atoms. The zero-order chi connectivity index (χ0) is 22.5. The van der Waals surface area contributed by atoms with Gasteiger partial charge in [0.2, 0.25) is 10.0 Å². The average Bonchev–Trinajstić information content (AvgIpc) is 3.49. The SMILES string of the molecule is O=C(NCc1ccc(S(=O)(=O)N2CC3CCC(F)(F)C3C2)cc1)c1cnc2[nH]ncc2c1. The standard InChI is InChI=1S/C21H21F2N5O3S/c22-21(23)6-5-14-11-28(12-18(14)21)32(30,31)17-3-1-13(2-4-17)8-25-20(29)16-7-15-10-26-27-19(15)24-9-16/h1-4,7,9-10,14,18H,5-6,8,11-12H2,(H,25,29)(H,24,26,27). The van der Waals surface area contributed by atoms with Crippen LogP contribution in [0.3, 0.4) is 0 Å². The summed E-state index contributed by atoms with van der Waals surface area (Å²) in [6.07, 6.45) is 3.21. The first-order chi connectivity index (χ1) is 15.2. The van der Waals surface area contributed by atoms with Crippen molar-refractivity contribution in [2.45, 2.75) is 30.2 Å². The van der Waals surface area contributed by atoms with Crippen LogP contribution in [0.1, 0.15) is 28.8 Å². The number of pyridine rings is 1. The molecule has 1 saturated heterocycles. The van der Waals surface area contributed by atoms with Crippen LogP contribution in [0.4, 0.5) is 8.78 Å². The lowest BCUT2D eigenvalue weighted by molar-refractivity contribution is -0.0376. The minimum atomic E-state index is -3.84. The molecule has 1 aliphatic carbocycles. The average molecular weight is 461 g/mol. The van der Waals surface area contributed by atoms with Crippen LogP contribution >= 0.6 is 0 Å². The van der Waals surface area contributed by atoms with E-state index >= 15 is 0 Å². The van der Waals surface area contributed by atoms with E-state index in [-0.39, 0.29) is 42.8 Å². The van der Waals surface area contributed by atoms with Crippen molar-refractivity contribution in [2.75, 3.05) is 13.1 Å². The molecule has 2 N–H and O–H groups in total. The van der Waals surface area contributed by atoms with Crippen LogP contribution in [0.5, 0.6) is 0 Å². The number of amides is 1.